The Morgan fingerprint density at radius 3 is 2.64 bits per heavy atom. The van der Waals surface area contributed by atoms with Crippen molar-refractivity contribution >= 4 is 36.6 Å². The van der Waals surface area contributed by atoms with Crippen molar-refractivity contribution in [3.05, 3.63) is 58.6 Å². The Bertz CT molecular complexity index is 1360. The second kappa shape index (κ2) is 13.7. The summed E-state index contributed by atoms with van der Waals surface area (Å²) in [6, 6.07) is 10.5. The molecule has 0 aliphatic carbocycles. The molecule has 0 spiro atoms. The zero-order chi connectivity index (χ0) is 29.8. The number of ether oxygens (including phenoxy) is 3. The summed E-state index contributed by atoms with van der Waals surface area (Å²) >= 11 is 0.945. The van der Waals surface area contributed by atoms with Crippen LogP contribution in [0, 0.1) is 5.41 Å². The molecule has 4 rings (SSSR count). The van der Waals surface area contributed by atoms with Crippen molar-refractivity contribution in [2.45, 2.75) is 58.8 Å². The quantitative estimate of drug-likeness (QED) is 0.167. The van der Waals surface area contributed by atoms with Gasteiger partial charge in [-0.05, 0) is 32.4 Å². The van der Waals surface area contributed by atoms with E-state index in [1.165, 1.54) is 12.3 Å². The van der Waals surface area contributed by atoms with Gasteiger partial charge in [0, 0.05) is 18.5 Å². The fraction of sp³-hybridized carbons (Fsp3) is 0.538. The highest BCUT2D eigenvalue weighted by Crippen LogP contribution is 2.49. The van der Waals surface area contributed by atoms with Crippen molar-refractivity contribution in [3.63, 3.8) is 0 Å². The Hall–Kier alpha value is -2.78. The molecule has 2 fully saturated rings. The number of nitrogen functional groups attached to an aromatic ring is 1. The van der Waals surface area contributed by atoms with Crippen LogP contribution in [-0.2, 0) is 39.2 Å². The average Bonchev–Trinajstić information content (AvgIpc) is 3.38. The highest BCUT2D eigenvalue weighted by molar-refractivity contribution is 8.13. The Labute approximate surface area is 247 Å². The summed E-state index contributed by atoms with van der Waals surface area (Å²) in [7, 11) is -4.01. The third kappa shape index (κ3) is 7.59. The number of nitrogens with zero attached hydrogens (tertiary/aromatic N) is 2. The summed E-state index contributed by atoms with van der Waals surface area (Å²) in [5.74, 6) is 0.164. The summed E-state index contributed by atoms with van der Waals surface area (Å²) in [5, 5.41) is 12.0. The highest BCUT2D eigenvalue weighted by atomic mass is 32.2. The second-order valence-corrected chi connectivity index (χ2v) is 13.2. The van der Waals surface area contributed by atoms with Gasteiger partial charge in [0.25, 0.3) is 0 Å². The maximum Gasteiger partial charge on any atom is 0.509 e. The van der Waals surface area contributed by atoms with Crippen LogP contribution in [-0.4, -0.2) is 69.3 Å². The Kier molecular flexibility index (Phi) is 11.0. The molecule has 232 valence electrons. The number of nitrogens with two attached hydrogens (primary N) is 1. The second-order valence-electron chi connectivity index (χ2n) is 10.3. The molecule has 2 aromatic rings. The van der Waals surface area contributed by atoms with Crippen molar-refractivity contribution in [1.82, 2.24) is 14.6 Å². The van der Waals surface area contributed by atoms with Crippen molar-refractivity contribution in [1.29, 1.82) is 0 Å². The minimum absolute atomic E-state index is 0. The Balaban J connectivity index is 0.00000484. The number of aromatic nitrogens is 2. The van der Waals surface area contributed by atoms with Crippen LogP contribution in [0.1, 0.15) is 40.0 Å². The standard InChI is InChI=1S/C25H33N4O10PS.CH4/c1-24(2,15-30)21(31)41-12-11-35-40(34,27-13-16-7-5-4-6-8-16)36-14-17-19-25(3,39-23(33)38-19)20(37-17)29-10-9-18(26)28-22(29)32;/h4-10,17,19-20,30H,11-15H2,1-3H3,(H,27,34)(H2,26,28,32);1H4/t17-,19-,20-,25-,40?;/m1./s1. The fourth-order valence-electron chi connectivity index (χ4n) is 4.20. The SMILES string of the molecule is C.CC(C)(CO)C(=O)SCCOP(=O)(NCc1ccccc1)OC[C@H]1O[C@@H](n2ccc(N)nc2=O)[C@]2(C)OC(=O)O[C@H]12. The van der Waals surface area contributed by atoms with E-state index in [4.69, 9.17) is 29.0 Å². The zero-order valence-electron chi connectivity index (χ0n) is 22.8. The van der Waals surface area contributed by atoms with Crippen molar-refractivity contribution < 1.29 is 42.5 Å². The molecule has 14 nitrogen and oxygen atoms in total. The molecule has 0 amide bonds. The van der Waals surface area contributed by atoms with Crippen LogP contribution in [0.5, 0.6) is 0 Å². The predicted octanol–water partition coefficient (Wildman–Crippen LogP) is 2.86. The van der Waals surface area contributed by atoms with Gasteiger partial charge in [-0.25, -0.2) is 19.2 Å². The number of anilines is 1. The molecule has 0 saturated carbocycles. The first kappa shape index (κ1) is 33.7. The molecule has 0 bridgehead atoms. The van der Waals surface area contributed by atoms with Crippen LogP contribution in [0.2, 0.25) is 0 Å². The van der Waals surface area contributed by atoms with Crippen molar-refractivity contribution in [2.75, 3.05) is 31.3 Å². The first-order valence-corrected chi connectivity index (χ1v) is 15.3. The van der Waals surface area contributed by atoms with E-state index < -0.39 is 49.0 Å². The number of rotatable bonds is 13. The van der Waals surface area contributed by atoms with E-state index in [9.17, 15) is 24.1 Å². The third-order valence-electron chi connectivity index (χ3n) is 6.58. The number of fused-ring (bicyclic) bond motifs is 1. The summed E-state index contributed by atoms with van der Waals surface area (Å²) < 4.78 is 43.0. The van der Waals surface area contributed by atoms with Gasteiger partial charge in [0.2, 0.25) is 0 Å². The summed E-state index contributed by atoms with van der Waals surface area (Å²) in [6.07, 6.45) is -2.75. The van der Waals surface area contributed by atoms with Crippen LogP contribution >= 0.6 is 19.5 Å². The van der Waals surface area contributed by atoms with Gasteiger partial charge >= 0.3 is 19.6 Å². The largest absolute Gasteiger partial charge is 0.509 e. The van der Waals surface area contributed by atoms with Crippen molar-refractivity contribution in [2.24, 2.45) is 5.41 Å². The molecule has 1 aromatic heterocycles. The zero-order valence-corrected chi connectivity index (χ0v) is 24.5. The molecule has 2 aliphatic rings. The first-order chi connectivity index (χ1) is 19.4. The van der Waals surface area contributed by atoms with Crippen molar-refractivity contribution in [3.8, 4) is 0 Å². The maximum absolute atomic E-state index is 13.8. The number of aliphatic hydroxyl groups excluding tert-OH is 1. The number of thioether (sulfide) groups is 1. The lowest BCUT2D eigenvalue weighted by Gasteiger charge is -2.26. The molecular formula is C26H37N4O10PS. The number of hydrogen-bond acceptors (Lipinski definition) is 13. The van der Waals surface area contributed by atoms with E-state index in [0.717, 1.165) is 21.9 Å². The van der Waals surface area contributed by atoms with E-state index in [1.807, 2.05) is 30.3 Å². The lowest BCUT2D eigenvalue weighted by molar-refractivity contribution is -0.119. The van der Waals surface area contributed by atoms with Crippen LogP contribution in [0.25, 0.3) is 0 Å². The number of aliphatic hydroxyl groups is 1. The normalized spacial score (nSPS) is 24.7. The minimum atomic E-state index is -4.01. The molecule has 2 aliphatic heterocycles. The van der Waals surface area contributed by atoms with E-state index in [1.54, 1.807) is 20.8 Å². The first-order valence-electron chi connectivity index (χ1n) is 12.7. The summed E-state index contributed by atoms with van der Waals surface area (Å²) in [5.41, 5.74) is 3.33. The number of nitrogens with one attached hydrogen (secondary N) is 1. The Morgan fingerprint density at radius 2 is 1.98 bits per heavy atom. The van der Waals surface area contributed by atoms with Gasteiger partial charge in [-0.15, -0.1) is 0 Å². The van der Waals surface area contributed by atoms with Gasteiger partial charge in [0.05, 0.1) is 25.2 Å². The van der Waals surface area contributed by atoms with Gasteiger partial charge in [0.15, 0.2) is 23.0 Å². The fourth-order valence-corrected chi connectivity index (χ4v) is 6.44. The maximum atomic E-state index is 13.8. The van der Waals surface area contributed by atoms with Gasteiger partial charge in [-0.1, -0.05) is 49.5 Å². The van der Waals surface area contributed by atoms with Gasteiger partial charge in [0.1, 0.15) is 11.9 Å². The lowest BCUT2D eigenvalue weighted by atomic mass is 9.96. The third-order valence-corrected chi connectivity index (χ3v) is 9.32. The van der Waals surface area contributed by atoms with Crippen LogP contribution < -0.4 is 16.5 Å². The summed E-state index contributed by atoms with van der Waals surface area (Å²) in [4.78, 5) is 40.6. The molecule has 2 saturated heterocycles. The summed E-state index contributed by atoms with van der Waals surface area (Å²) in [6.45, 7) is 4.13. The molecule has 16 heteroatoms. The topological polar surface area (TPSA) is 191 Å². The minimum Gasteiger partial charge on any atom is -0.424 e. The van der Waals surface area contributed by atoms with Crippen LogP contribution in [0.3, 0.4) is 0 Å². The molecule has 1 aromatic carbocycles. The average molecular weight is 629 g/mol. The highest BCUT2D eigenvalue weighted by Gasteiger charge is 2.64. The number of hydrogen-bond donors (Lipinski definition) is 3. The van der Waals surface area contributed by atoms with Gasteiger partial charge < -0.3 is 25.1 Å². The molecule has 5 atom stereocenters. The molecular weight excluding hydrogens is 591 g/mol. The molecule has 4 N–H and O–H groups in total. The molecule has 3 heterocycles. The Morgan fingerprint density at radius 1 is 1.26 bits per heavy atom. The van der Waals surface area contributed by atoms with Crippen LogP contribution in [0.15, 0.2) is 47.4 Å². The molecule has 42 heavy (non-hydrogen) atoms. The van der Waals surface area contributed by atoms with E-state index >= 15 is 0 Å². The predicted molar refractivity (Wildman–Crippen MR) is 154 cm³/mol. The molecule has 1 unspecified atom stereocenters. The smallest absolute Gasteiger partial charge is 0.424 e. The van der Waals surface area contributed by atoms with E-state index in [-0.39, 0.29) is 50.5 Å². The lowest BCUT2D eigenvalue weighted by Crippen LogP contribution is -2.44. The van der Waals surface area contributed by atoms with E-state index in [2.05, 4.69) is 10.1 Å². The number of carbonyl (C=O) groups excluding carboxylic acids is 2. The van der Waals surface area contributed by atoms with Gasteiger partial charge in [-0.2, -0.15) is 4.98 Å². The molecule has 0 radical (unpaired) electrons. The van der Waals surface area contributed by atoms with E-state index in [0.29, 0.717) is 0 Å². The van der Waals surface area contributed by atoms with Crippen LogP contribution in [0.4, 0.5) is 10.6 Å². The monoisotopic (exact) mass is 628 g/mol. The number of benzene rings is 1. The van der Waals surface area contributed by atoms with Gasteiger partial charge in [-0.3, -0.25) is 18.4 Å². The number of carbonyl (C=O) groups is 2.